The minimum atomic E-state index is -4.81. The molecule has 0 unspecified atom stereocenters. The van der Waals surface area contributed by atoms with Gasteiger partial charge in [0.2, 0.25) is 0 Å². The van der Waals surface area contributed by atoms with E-state index in [1.807, 2.05) is 0 Å². The van der Waals surface area contributed by atoms with Gasteiger partial charge in [0.15, 0.2) is 5.69 Å². The zero-order valence-electron chi connectivity index (χ0n) is 13.7. The molecule has 10 heteroatoms. The van der Waals surface area contributed by atoms with E-state index in [-0.39, 0.29) is 12.5 Å². The van der Waals surface area contributed by atoms with E-state index in [1.165, 1.54) is 18.5 Å². The van der Waals surface area contributed by atoms with E-state index in [4.69, 9.17) is 11.6 Å². The Bertz CT molecular complexity index is 926. The van der Waals surface area contributed by atoms with Gasteiger partial charge in [-0.15, -0.1) is 0 Å². The van der Waals surface area contributed by atoms with Gasteiger partial charge in [0.1, 0.15) is 0 Å². The number of benzene rings is 1. The quantitative estimate of drug-likeness (QED) is 0.719. The second-order valence-electron chi connectivity index (χ2n) is 5.50. The molecule has 0 fully saturated rings. The van der Waals surface area contributed by atoms with Crippen LogP contribution in [0.3, 0.4) is 0 Å². The summed E-state index contributed by atoms with van der Waals surface area (Å²) in [6.45, 7) is 0.158. The fourth-order valence-electron chi connectivity index (χ4n) is 2.41. The predicted molar refractivity (Wildman–Crippen MR) is 91.6 cm³/mol. The third-order valence-corrected chi connectivity index (χ3v) is 3.89. The maximum Gasteiger partial charge on any atom is 0.434 e. The molecule has 140 valence electrons. The molecule has 0 aliphatic carbocycles. The number of nitrogens with zero attached hydrogens (tertiary/aromatic N) is 4. The van der Waals surface area contributed by atoms with Crippen LogP contribution in [0.4, 0.5) is 13.2 Å². The van der Waals surface area contributed by atoms with Crippen LogP contribution in [-0.2, 0) is 12.6 Å². The first-order valence-corrected chi connectivity index (χ1v) is 8.19. The molecule has 1 N–H and O–H groups in total. The molecular weight excluding hydrogens is 383 g/mol. The highest BCUT2D eigenvalue weighted by Gasteiger charge is 2.41. The number of hydrogen-bond donors (Lipinski definition) is 1. The lowest BCUT2D eigenvalue weighted by Gasteiger charge is -2.11. The summed E-state index contributed by atoms with van der Waals surface area (Å²) in [5.74, 6) is -1.15. The molecule has 1 amide bonds. The minimum absolute atomic E-state index is 0.158. The Balaban J connectivity index is 1.78. The first-order valence-electron chi connectivity index (χ1n) is 7.81. The monoisotopic (exact) mass is 395 g/mol. The Morgan fingerprint density at radius 3 is 2.44 bits per heavy atom. The summed E-state index contributed by atoms with van der Waals surface area (Å²) >= 11 is 5.79. The number of hydrogen-bond acceptors (Lipinski definition) is 4. The van der Waals surface area contributed by atoms with Crippen LogP contribution in [0.5, 0.6) is 0 Å². The SMILES string of the molecule is O=C(NCCc1ccc(Cl)cc1)c1cnn(-c2ncccn2)c1C(F)(F)F. The zero-order valence-corrected chi connectivity index (χ0v) is 14.5. The molecule has 6 nitrogen and oxygen atoms in total. The lowest BCUT2D eigenvalue weighted by atomic mass is 10.1. The van der Waals surface area contributed by atoms with Gasteiger partial charge >= 0.3 is 6.18 Å². The molecule has 0 saturated heterocycles. The number of halogens is 4. The van der Waals surface area contributed by atoms with E-state index < -0.39 is 23.3 Å². The third-order valence-electron chi connectivity index (χ3n) is 3.64. The predicted octanol–water partition coefficient (Wildman–Crippen LogP) is 3.31. The van der Waals surface area contributed by atoms with Crippen molar-refractivity contribution in [2.45, 2.75) is 12.6 Å². The van der Waals surface area contributed by atoms with Crippen LogP contribution < -0.4 is 5.32 Å². The Hall–Kier alpha value is -2.94. The van der Waals surface area contributed by atoms with Gasteiger partial charge in [0.05, 0.1) is 11.8 Å². The molecule has 0 aliphatic rings. The van der Waals surface area contributed by atoms with E-state index in [0.29, 0.717) is 16.1 Å². The first kappa shape index (κ1) is 18.8. The fourth-order valence-corrected chi connectivity index (χ4v) is 2.53. The summed E-state index contributed by atoms with van der Waals surface area (Å²) in [7, 11) is 0. The smallest absolute Gasteiger partial charge is 0.352 e. The van der Waals surface area contributed by atoms with Crippen LogP contribution in [0, 0.1) is 0 Å². The topological polar surface area (TPSA) is 72.7 Å². The average Bonchev–Trinajstić information content (AvgIpc) is 3.10. The van der Waals surface area contributed by atoms with Gasteiger partial charge in [-0.25, -0.2) is 9.97 Å². The van der Waals surface area contributed by atoms with Gasteiger partial charge in [0.25, 0.3) is 11.9 Å². The Kier molecular flexibility index (Phi) is 5.41. The van der Waals surface area contributed by atoms with Gasteiger partial charge in [-0.05, 0) is 30.2 Å². The van der Waals surface area contributed by atoms with Crippen molar-refractivity contribution in [1.82, 2.24) is 25.1 Å². The number of rotatable bonds is 5. The Morgan fingerprint density at radius 1 is 1.15 bits per heavy atom. The normalized spacial score (nSPS) is 11.4. The lowest BCUT2D eigenvalue weighted by molar-refractivity contribution is -0.143. The number of alkyl halides is 3. The number of nitrogens with one attached hydrogen (secondary N) is 1. The van der Waals surface area contributed by atoms with Crippen molar-refractivity contribution in [2.75, 3.05) is 6.54 Å². The van der Waals surface area contributed by atoms with E-state index in [9.17, 15) is 18.0 Å². The van der Waals surface area contributed by atoms with Gasteiger partial charge in [0, 0.05) is 24.0 Å². The van der Waals surface area contributed by atoms with Crippen molar-refractivity contribution < 1.29 is 18.0 Å². The first-order chi connectivity index (χ1) is 12.9. The number of amides is 1. The summed E-state index contributed by atoms with van der Waals surface area (Å²) in [4.78, 5) is 19.8. The van der Waals surface area contributed by atoms with E-state index in [1.54, 1.807) is 24.3 Å². The molecule has 3 aromatic rings. The standard InChI is InChI=1S/C17H13ClF3N5O/c18-12-4-2-11(3-5-12)6-9-22-15(27)13-10-25-26(14(13)17(19,20)21)16-23-7-1-8-24-16/h1-5,7-8,10H,6,9H2,(H,22,27). The molecule has 0 radical (unpaired) electrons. The lowest BCUT2D eigenvalue weighted by Crippen LogP contribution is -2.28. The summed E-state index contributed by atoms with van der Waals surface area (Å²) < 4.78 is 41.0. The molecule has 0 spiro atoms. The summed E-state index contributed by atoms with van der Waals surface area (Å²) in [6.07, 6.45) is -0.929. The van der Waals surface area contributed by atoms with Gasteiger partial charge in [-0.3, -0.25) is 4.79 Å². The van der Waals surface area contributed by atoms with E-state index in [2.05, 4.69) is 20.4 Å². The van der Waals surface area contributed by atoms with Crippen LogP contribution in [0.15, 0.2) is 48.9 Å². The van der Waals surface area contributed by atoms with Gasteiger partial charge in [-0.2, -0.15) is 23.0 Å². The molecular formula is C17H13ClF3N5O. The number of aromatic nitrogens is 4. The van der Waals surface area contributed by atoms with Crippen molar-refractivity contribution >= 4 is 17.5 Å². The van der Waals surface area contributed by atoms with Crippen LogP contribution in [0.25, 0.3) is 5.95 Å². The molecule has 3 rings (SSSR count). The molecule has 2 heterocycles. The summed E-state index contributed by atoms with van der Waals surface area (Å²) in [5.41, 5.74) is -0.923. The molecule has 2 aromatic heterocycles. The summed E-state index contributed by atoms with van der Waals surface area (Å²) in [5, 5.41) is 6.70. The van der Waals surface area contributed by atoms with E-state index in [0.717, 1.165) is 11.8 Å². The van der Waals surface area contributed by atoms with Crippen molar-refractivity contribution in [1.29, 1.82) is 0 Å². The van der Waals surface area contributed by atoms with Crippen molar-refractivity contribution in [3.8, 4) is 5.95 Å². The Labute approximate surface area is 157 Å². The largest absolute Gasteiger partial charge is 0.434 e. The van der Waals surface area contributed by atoms with E-state index >= 15 is 0 Å². The minimum Gasteiger partial charge on any atom is -0.352 e. The third kappa shape index (κ3) is 4.43. The average molecular weight is 396 g/mol. The number of carbonyl (C=O) groups is 1. The Morgan fingerprint density at radius 2 is 1.81 bits per heavy atom. The highest BCUT2D eigenvalue weighted by molar-refractivity contribution is 6.30. The van der Waals surface area contributed by atoms with Gasteiger partial charge < -0.3 is 5.32 Å². The van der Waals surface area contributed by atoms with Crippen LogP contribution >= 0.6 is 11.6 Å². The van der Waals surface area contributed by atoms with Gasteiger partial charge in [-0.1, -0.05) is 23.7 Å². The molecule has 27 heavy (non-hydrogen) atoms. The summed E-state index contributed by atoms with van der Waals surface area (Å²) in [6, 6.07) is 8.42. The van der Waals surface area contributed by atoms with Crippen LogP contribution in [0.1, 0.15) is 21.6 Å². The molecule has 0 atom stereocenters. The second kappa shape index (κ2) is 7.75. The van der Waals surface area contributed by atoms with Crippen molar-refractivity contribution in [2.24, 2.45) is 0 Å². The second-order valence-corrected chi connectivity index (χ2v) is 5.93. The molecule has 1 aromatic carbocycles. The zero-order chi connectivity index (χ0) is 19.4. The van der Waals surface area contributed by atoms with Crippen LogP contribution in [0.2, 0.25) is 5.02 Å². The fraction of sp³-hybridized carbons (Fsp3) is 0.176. The maximum atomic E-state index is 13.5. The molecule has 0 aliphatic heterocycles. The highest BCUT2D eigenvalue weighted by Crippen LogP contribution is 2.33. The maximum absolute atomic E-state index is 13.5. The van der Waals surface area contributed by atoms with Crippen molar-refractivity contribution in [3.05, 3.63) is 70.8 Å². The highest BCUT2D eigenvalue weighted by atomic mass is 35.5. The molecule has 0 saturated carbocycles. The molecule has 0 bridgehead atoms. The van der Waals surface area contributed by atoms with Crippen LogP contribution in [-0.4, -0.2) is 32.2 Å². The number of carbonyl (C=O) groups excluding carboxylic acids is 1. The van der Waals surface area contributed by atoms with Crippen molar-refractivity contribution in [3.63, 3.8) is 0 Å².